The molecule has 1 amide bonds. The van der Waals surface area contributed by atoms with E-state index < -0.39 is 0 Å². The Morgan fingerprint density at radius 2 is 2.09 bits per heavy atom. The van der Waals surface area contributed by atoms with Crippen LogP contribution in [0.2, 0.25) is 5.02 Å². The number of halogens is 1. The summed E-state index contributed by atoms with van der Waals surface area (Å²) in [5.41, 5.74) is 1.50. The van der Waals surface area contributed by atoms with Gasteiger partial charge in [-0.3, -0.25) is 4.79 Å². The number of carbonyl (C=O) groups excluding carboxylic acids is 1. The zero-order valence-electron chi connectivity index (χ0n) is 13.1. The monoisotopic (exact) mass is 337 g/mol. The molecule has 2 rings (SSSR count). The Bertz CT molecular complexity index is 512. The second-order valence-electron chi connectivity index (χ2n) is 5.62. The van der Waals surface area contributed by atoms with Crippen LogP contribution < -0.4 is 5.32 Å². The van der Waals surface area contributed by atoms with Crippen LogP contribution >= 0.6 is 23.4 Å². The summed E-state index contributed by atoms with van der Waals surface area (Å²) < 4.78 is 0. The minimum Gasteiger partial charge on any atom is -0.355 e. The summed E-state index contributed by atoms with van der Waals surface area (Å²) in [6.45, 7) is 2.80. The van der Waals surface area contributed by atoms with E-state index >= 15 is 0 Å². The predicted octanol–water partition coefficient (Wildman–Crippen LogP) is 5.22. The third-order valence-electron chi connectivity index (χ3n) is 3.89. The molecule has 22 heavy (non-hydrogen) atoms. The van der Waals surface area contributed by atoms with Crippen LogP contribution in [0.25, 0.3) is 0 Å². The lowest BCUT2D eigenvalue weighted by atomic mass is 9.97. The van der Waals surface area contributed by atoms with Gasteiger partial charge in [0.05, 0.1) is 5.25 Å². The predicted molar refractivity (Wildman–Crippen MR) is 95.6 cm³/mol. The molecule has 1 aromatic rings. The fraction of sp³-hybridized carbons (Fsp3) is 0.500. The Kier molecular flexibility index (Phi) is 7.34. The van der Waals surface area contributed by atoms with E-state index in [9.17, 15) is 4.79 Å². The zero-order valence-corrected chi connectivity index (χ0v) is 14.7. The van der Waals surface area contributed by atoms with Gasteiger partial charge in [-0.05, 0) is 62.8 Å². The maximum absolute atomic E-state index is 12.3. The first kappa shape index (κ1) is 17.4. The van der Waals surface area contributed by atoms with Crippen molar-refractivity contribution in [3.05, 3.63) is 40.9 Å². The van der Waals surface area contributed by atoms with E-state index in [0.29, 0.717) is 0 Å². The van der Waals surface area contributed by atoms with Crippen molar-refractivity contribution in [1.82, 2.24) is 5.32 Å². The van der Waals surface area contributed by atoms with Crippen LogP contribution in [0.3, 0.4) is 0 Å². The highest BCUT2D eigenvalue weighted by Gasteiger charge is 2.17. The first-order chi connectivity index (χ1) is 10.7. The van der Waals surface area contributed by atoms with E-state index in [2.05, 4.69) is 18.3 Å². The van der Waals surface area contributed by atoms with E-state index in [-0.39, 0.29) is 11.2 Å². The Morgan fingerprint density at radius 3 is 2.73 bits per heavy atom. The van der Waals surface area contributed by atoms with Gasteiger partial charge in [0.25, 0.3) is 0 Å². The number of nitrogens with one attached hydrogen (secondary N) is 1. The Labute approximate surface area is 142 Å². The SMILES string of the molecule is CCC(Sc1ccc(Cl)cc1)C(=O)NCCC1=CCCCC1. The molecule has 0 fully saturated rings. The third-order valence-corrected chi connectivity index (χ3v) is 5.51. The molecule has 0 radical (unpaired) electrons. The lowest BCUT2D eigenvalue weighted by molar-refractivity contribution is -0.120. The molecule has 120 valence electrons. The van der Waals surface area contributed by atoms with E-state index in [1.165, 1.54) is 31.3 Å². The van der Waals surface area contributed by atoms with Gasteiger partial charge in [-0.2, -0.15) is 0 Å². The molecule has 1 atom stereocenters. The third kappa shape index (κ3) is 5.69. The number of carbonyl (C=O) groups is 1. The molecular weight excluding hydrogens is 314 g/mol. The summed E-state index contributed by atoms with van der Waals surface area (Å²) >= 11 is 7.50. The zero-order chi connectivity index (χ0) is 15.8. The van der Waals surface area contributed by atoms with Crippen molar-refractivity contribution in [2.24, 2.45) is 0 Å². The molecule has 1 aromatic carbocycles. The van der Waals surface area contributed by atoms with Crippen LogP contribution in [0, 0.1) is 0 Å². The minimum atomic E-state index is -0.0403. The maximum atomic E-state index is 12.3. The lowest BCUT2D eigenvalue weighted by Crippen LogP contribution is -2.33. The quantitative estimate of drug-likeness (QED) is 0.546. The summed E-state index contributed by atoms with van der Waals surface area (Å²) in [7, 11) is 0. The molecule has 1 aliphatic carbocycles. The normalized spacial score (nSPS) is 16.0. The Morgan fingerprint density at radius 1 is 1.32 bits per heavy atom. The van der Waals surface area contributed by atoms with Crippen LogP contribution in [0.5, 0.6) is 0 Å². The summed E-state index contributed by atoms with van der Waals surface area (Å²) in [5, 5.41) is 3.77. The van der Waals surface area contributed by atoms with E-state index in [1.807, 2.05) is 24.3 Å². The highest BCUT2D eigenvalue weighted by molar-refractivity contribution is 8.00. The second kappa shape index (κ2) is 9.26. The fourth-order valence-corrected chi connectivity index (χ4v) is 3.70. The summed E-state index contributed by atoms with van der Waals surface area (Å²) in [4.78, 5) is 13.4. The van der Waals surface area contributed by atoms with Crippen molar-refractivity contribution >= 4 is 29.3 Å². The molecule has 0 aromatic heterocycles. The number of thioether (sulfide) groups is 1. The molecular formula is C18H24ClNOS. The average molecular weight is 338 g/mol. The van der Waals surface area contributed by atoms with Gasteiger partial charge in [0.2, 0.25) is 5.91 Å². The Hall–Kier alpha value is -0.930. The molecule has 0 spiro atoms. The Balaban J connectivity index is 1.78. The minimum absolute atomic E-state index is 0.0403. The van der Waals surface area contributed by atoms with Gasteiger partial charge in [0.15, 0.2) is 0 Å². The second-order valence-corrected chi connectivity index (χ2v) is 7.33. The van der Waals surface area contributed by atoms with Crippen molar-refractivity contribution in [2.75, 3.05) is 6.54 Å². The van der Waals surface area contributed by atoms with E-state index in [4.69, 9.17) is 11.6 Å². The van der Waals surface area contributed by atoms with Crippen molar-refractivity contribution < 1.29 is 4.79 Å². The van der Waals surface area contributed by atoms with Gasteiger partial charge in [0.1, 0.15) is 0 Å². The molecule has 0 heterocycles. The molecule has 1 unspecified atom stereocenters. The fourth-order valence-electron chi connectivity index (χ4n) is 2.59. The van der Waals surface area contributed by atoms with Crippen molar-refractivity contribution in [3.63, 3.8) is 0 Å². The van der Waals surface area contributed by atoms with Crippen LogP contribution in [0.1, 0.15) is 45.4 Å². The first-order valence-corrected chi connectivity index (χ1v) is 9.32. The number of hydrogen-bond donors (Lipinski definition) is 1. The lowest BCUT2D eigenvalue weighted by Gasteiger charge is -2.16. The topological polar surface area (TPSA) is 29.1 Å². The molecule has 1 aliphatic rings. The van der Waals surface area contributed by atoms with Gasteiger partial charge in [0, 0.05) is 16.5 Å². The number of allylic oxidation sites excluding steroid dienone is 1. The molecule has 0 bridgehead atoms. The smallest absolute Gasteiger partial charge is 0.233 e. The highest BCUT2D eigenvalue weighted by atomic mass is 35.5. The average Bonchev–Trinajstić information content (AvgIpc) is 2.55. The number of hydrogen-bond acceptors (Lipinski definition) is 2. The van der Waals surface area contributed by atoms with Crippen LogP contribution in [0.15, 0.2) is 40.8 Å². The van der Waals surface area contributed by atoms with Gasteiger partial charge in [-0.15, -0.1) is 11.8 Å². The molecule has 0 saturated heterocycles. The molecule has 1 N–H and O–H groups in total. The van der Waals surface area contributed by atoms with Crippen molar-refractivity contribution in [3.8, 4) is 0 Å². The first-order valence-electron chi connectivity index (χ1n) is 8.07. The summed E-state index contributed by atoms with van der Waals surface area (Å²) in [6.07, 6.45) is 9.17. The van der Waals surface area contributed by atoms with Crippen LogP contribution in [-0.2, 0) is 4.79 Å². The highest BCUT2D eigenvalue weighted by Crippen LogP contribution is 2.27. The standard InChI is InChI=1S/C18H24ClNOS/c1-2-17(22-16-10-8-15(19)9-11-16)18(21)20-13-12-14-6-4-3-5-7-14/h6,8-11,17H,2-5,7,12-13H2,1H3,(H,20,21). The molecule has 0 saturated carbocycles. The summed E-state index contributed by atoms with van der Waals surface area (Å²) in [5.74, 6) is 0.138. The molecule has 0 aliphatic heterocycles. The number of amides is 1. The van der Waals surface area contributed by atoms with Crippen LogP contribution in [-0.4, -0.2) is 17.7 Å². The van der Waals surface area contributed by atoms with Gasteiger partial charge < -0.3 is 5.32 Å². The molecule has 2 nitrogen and oxygen atoms in total. The van der Waals surface area contributed by atoms with Gasteiger partial charge in [-0.25, -0.2) is 0 Å². The summed E-state index contributed by atoms with van der Waals surface area (Å²) in [6, 6.07) is 7.67. The van der Waals surface area contributed by atoms with Crippen LogP contribution in [0.4, 0.5) is 0 Å². The molecule has 4 heteroatoms. The van der Waals surface area contributed by atoms with Crippen molar-refractivity contribution in [1.29, 1.82) is 0 Å². The van der Waals surface area contributed by atoms with E-state index in [1.54, 1.807) is 11.8 Å². The van der Waals surface area contributed by atoms with Gasteiger partial charge >= 0.3 is 0 Å². The van der Waals surface area contributed by atoms with E-state index in [0.717, 1.165) is 29.3 Å². The largest absolute Gasteiger partial charge is 0.355 e. The number of benzene rings is 1. The van der Waals surface area contributed by atoms with Crippen molar-refractivity contribution in [2.45, 2.75) is 55.6 Å². The maximum Gasteiger partial charge on any atom is 0.233 e. The number of rotatable bonds is 7. The van der Waals surface area contributed by atoms with Gasteiger partial charge in [-0.1, -0.05) is 30.2 Å².